The van der Waals surface area contributed by atoms with E-state index < -0.39 is 0 Å². The van der Waals surface area contributed by atoms with Crippen LogP contribution in [-0.2, 0) is 4.74 Å². The van der Waals surface area contributed by atoms with Gasteiger partial charge in [-0.05, 0) is 49.2 Å². The van der Waals surface area contributed by atoms with Gasteiger partial charge in [0.05, 0.1) is 25.5 Å². The number of thiophene rings is 1. The van der Waals surface area contributed by atoms with Gasteiger partial charge in [0.25, 0.3) is 5.91 Å². The van der Waals surface area contributed by atoms with Gasteiger partial charge in [-0.25, -0.2) is 0 Å². The van der Waals surface area contributed by atoms with Crippen LogP contribution in [0, 0.1) is 13.8 Å². The normalized spacial score (nSPS) is 15.9. The fraction of sp³-hybridized carbons (Fsp3) is 0.318. The number of carbonyl (C=O) groups excluding carboxylic acids is 1. The quantitative estimate of drug-likeness (QED) is 0.652. The number of phenolic OH excluding ortho intramolecular Hbond substituents is 1. The van der Waals surface area contributed by atoms with Crippen LogP contribution in [0.25, 0.3) is 0 Å². The van der Waals surface area contributed by atoms with Gasteiger partial charge in [-0.15, -0.1) is 11.3 Å². The van der Waals surface area contributed by atoms with Gasteiger partial charge in [0.2, 0.25) is 0 Å². The summed E-state index contributed by atoms with van der Waals surface area (Å²) < 4.78 is 10.8. The molecule has 0 spiro atoms. The minimum absolute atomic E-state index is 0.0450. The minimum Gasteiger partial charge on any atom is -0.508 e. The van der Waals surface area contributed by atoms with Crippen LogP contribution >= 0.6 is 11.3 Å². The number of amides is 1. The fourth-order valence-electron chi connectivity index (χ4n) is 3.69. The van der Waals surface area contributed by atoms with Gasteiger partial charge in [0.1, 0.15) is 10.8 Å². The van der Waals surface area contributed by atoms with Gasteiger partial charge in [-0.3, -0.25) is 9.69 Å². The van der Waals surface area contributed by atoms with E-state index in [2.05, 4.69) is 24.1 Å². The molecule has 1 aliphatic heterocycles. The summed E-state index contributed by atoms with van der Waals surface area (Å²) in [6.45, 7) is 7.10. The number of rotatable bonds is 5. The lowest BCUT2D eigenvalue weighted by Gasteiger charge is -2.35. The lowest BCUT2D eigenvalue weighted by Crippen LogP contribution is -2.39. The number of aryl methyl sites for hydroxylation is 1. The van der Waals surface area contributed by atoms with Crippen LogP contribution in [0.5, 0.6) is 5.75 Å². The molecule has 2 N–H and O–H groups in total. The molecule has 3 heterocycles. The summed E-state index contributed by atoms with van der Waals surface area (Å²) in [7, 11) is 0. The fourth-order valence-corrected chi connectivity index (χ4v) is 4.78. The van der Waals surface area contributed by atoms with Crippen molar-refractivity contribution in [3.8, 4) is 5.75 Å². The lowest BCUT2D eigenvalue weighted by molar-refractivity contribution is 0.0240. The van der Waals surface area contributed by atoms with E-state index in [1.165, 1.54) is 6.26 Å². The molecule has 1 aliphatic rings. The first kappa shape index (κ1) is 19.7. The first-order valence-corrected chi connectivity index (χ1v) is 10.4. The van der Waals surface area contributed by atoms with Crippen LogP contribution < -0.4 is 5.32 Å². The smallest absolute Gasteiger partial charge is 0.291 e. The Balaban J connectivity index is 1.77. The molecule has 0 radical (unpaired) electrons. The number of ether oxygens (including phenoxy) is 1. The van der Waals surface area contributed by atoms with Crippen molar-refractivity contribution in [1.29, 1.82) is 0 Å². The van der Waals surface area contributed by atoms with Crippen LogP contribution in [0.3, 0.4) is 0 Å². The molecule has 152 valence electrons. The van der Waals surface area contributed by atoms with Crippen molar-refractivity contribution in [2.75, 3.05) is 31.6 Å². The van der Waals surface area contributed by atoms with Gasteiger partial charge < -0.3 is 19.6 Å². The number of hydrogen-bond acceptors (Lipinski definition) is 6. The van der Waals surface area contributed by atoms with Crippen LogP contribution in [-0.4, -0.2) is 42.2 Å². The average molecular weight is 413 g/mol. The molecule has 2 aromatic heterocycles. The summed E-state index contributed by atoms with van der Waals surface area (Å²) in [5, 5.41) is 13.6. The average Bonchev–Trinajstić information content (AvgIpc) is 3.35. The maximum absolute atomic E-state index is 12.7. The Kier molecular flexibility index (Phi) is 5.71. The van der Waals surface area contributed by atoms with E-state index in [0.29, 0.717) is 13.2 Å². The second kappa shape index (κ2) is 8.41. The van der Waals surface area contributed by atoms with E-state index in [-0.39, 0.29) is 23.5 Å². The molecule has 0 bridgehead atoms. The molecule has 1 aromatic carbocycles. The van der Waals surface area contributed by atoms with Crippen molar-refractivity contribution in [1.82, 2.24) is 4.90 Å². The van der Waals surface area contributed by atoms with Crippen molar-refractivity contribution in [3.05, 3.63) is 70.0 Å². The van der Waals surface area contributed by atoms with Crippen molar-refractivity contribution < 1.29 is 19.1 Å². The van der Waals surface area contributed by atoms with Gasteiger partial charge in [0.15, 0.2) is 5.76 Å². The predicted octanol–water partition coefficient (Wildman–Crippen LogP) is 4.34. The van der Waals surface area contributed by atoms with Crippen molar-refractivity contribution in [2.45, 2.75) is 19.9 Å². The number of morpholine rings is 1. The Morgan fingerprint density at radius 1 is 1.17 bits per heavy atom. The number of furan rings is 1. The van der Waals surface area contributed by atoms with Crippen LogP contribution in [0.2, 0.25) is 0 Å². The lowest BCUT2D eigenvalue weighted by atomic mass is 9.94. The molecule has 0 aliphatic carbocycles. The molecule has 0 saturated carbocycles. The van der Waals surface area contributed by atoms with E-state index in [1.807, 2.05) is 12.1 Å². The maximum Gasteiger partial charge on any atom is 0.291 e. The monoisotopic (exact) mass is 412 g/mol. The van der Waals surface area contributed by atoms with Crippen molar-refractivity contribution >= 4 is 22.2 Å². The molecule has 1 fully saturated rings. The van der Waals surface area contributed by atoms with Crippen molar-refractivity contribution in [2.24, 2.45) is 0 Å². The second-order valence-corrected chi connectivity index (χ2v) is 8.32. The zero-order valence-corrected chi connectivity index (χ0v) is 17.3. The van der Waals surface area contributed by atoms with E-state index in [0.717, 1.165) is 39.7 Å². The number of benzene rings is 1. The number of hydrogen-bond donors (Lipinski definition) is 2. The standard InChI is InChI=1S/C22H24N2O4S/c1-14-15(2)29-22(23-21(26)18-4-3-11-28-18)19(14)20(24-9-12-27-13-10-24)16-5-7-17(25)8-6-16/h3-8,11,20,25H,9-10,12-13H2,1-2H3,(H,23,26)/t20-/m1/s1. The molecule has 1 saturated heterocycles. The zero-order valence-electron chi connectivity index (χ0n) is 16.5. The molecule has 0 unspecified atom stereocenters. The van der Waals surface area contributed by atoms with Gasteiger partial charge in [-0.1, -0.05) is 12.1 Å². The first-order chi connectivity index (χ1) is 14.0. The maximum atomic E-state index is 12.7. The summed E-state index contributed by atoms with van der Waals surface area (Å²) in [6, 6.07) is 10.6. The van der Waals surface area contributed by atoms with E-state index in [1.54, 1.807) is 35.6 Å². The van der Waals surface area contributed by atoms with Gasteiger partial charge in [-0.2, -0.15) is 0 Å². The van der Waals surface area contributed by atoms with Crippen LogP contribution in [0.1, 0.15) is 38.2 Å². The molecule has 7 heteroatoms. The number of aromatic hydroxyl groups is 1. The largest absolute Gasteiger partial charge is 0.508 e. The van der Waals surface area contributed by atoms with E-state index in [4.69, 9.17) is 9.15 Å². The summed E-state index contributed by atoms with van der Waals surface area (Å²) in [5.74, 6) is 0.259. The Bertz CT molecular complexity index is 973. The van der Waals surface area contributed by atoms with Gasteiger partial charge in [0, 0.05) is 23.5 Å². The Morgan fingerprint density at radius 2 is 1.90 bits per heavy atom. The molecule has 4 rings (SSSR count). The molecular formula is C22H24N2O4S. The Hall–Kier alpha value is -2.61. The second-order valence-electron chi connectivity index (χ2n) is 7.10. The Labute approximate surface area is 173 Å². The van der Waals surface area contributed by atoms with E-state index in [9.17, 15) is 9.90 Å². The van der Waals surface area contributed by atoms with Crippen LogP contribution in [0.4, 0.5) is 5.00 Å². The highest BCUT2D eigenvalue weighted by Gasteiger charge is 2.30. The number of nitrogens with zero attached hydrogens (tertiary/aromatic N) is 1. The highest BCUT2D eigenvalue weighted by molar-refractivity contribution is 7.16. The molecule has 29 heavy (non-hydrogen) atoms. The summed E-state index contributed by atoms with van der Waals surface area (Å²) in [4.78, 5) is 16.2. The Morgan fingerprint density at radius 3 is 2.55 bits per heavy atom. The molecule has 3 aromatic rings. The highest BCUT2D eigenvalue weighted by Crippen LogP contribution is 2.42. The highest BCUT2D eigenvalue weighted by atomic mass is 32.1. The van der Waals surface area contributed by atoms with Crippen LogP contribution in [0.15, 0.2) is 47.1 Å². The predicted molar refractivity (Wildman–Crippen MR) is 113 cm³/mol. The third-order valence-corrected chi connectivity index (χ3v) is 6.44. The zero-order chi connectivity index (χ0) is 20.4. The third-order valence-electron chi connectivity index (χ3n) is 5.30. The third kappa shape index (κ3) is 4.07. The minimum atomic E-state index is -0.260. The van der Waals surface area contributed by atoms with Gasteiger partial charge >= 0.3 is 0 Å². The van der Waals surface area contributed by atoms with Crippen molar-refractivity contribution in [3.63, 3.8) is 0 Å². The van der Waals surface area contributed by atoms with E-state index >= 15 is 0 Å². The summed E-state index contributed by atoms with van der Waals surface area (Å²) in [6.07, 6.45) is 1.49. The molecule has 1 amide bonds. The summed E-state index contributed by atoms with van der Waals surface area (Å²) >= 11 is 1.58. The number of phenols is 1. The number of anilines is 1. The number of nitrogens with one attached hydrogen (secondary N) is 1. The first-order valence-electron chi connectivity index (χ1n) is 9.60. The summed E-state index contributed by atoms with van der Waals surface area (Å²) in [5.41, 5.74) is 3.31. The molecule has 1 atom stereocenters. The topological polar surface area (TPSA) is 74.9 Å². The SMILES string of the molecule is Cc1sc(NC(=O)c2ccco2)c([C@@H](c2ccc(O)cc2)N2CCOCC2)c1C. The number of carbonyl (C=O) groups is 1. The molecule has 6 nitrogen and oxygen atoms in total. The molecular weight excluding hydrogens is 388 g/mol.